The molecule has 3 heterocycles. The normalized spacial score (nSPS) is 11.0. The Morgan fingerprint density at radius 3 is 2.95 bits per heavy atom. The molecule has 5 nitrogen and oxygen atoms in total. The lowest BCUT2D eigenvalue weighted by atomic mass is 10.1. The molecule has 6 heteroatoms. The average molecular weight is 293 g/mol. The summed E-state index contributed by atoms with van der Waals surface area (Å²) in [5.74, 6) is 0.657. The highest BCUT2D eigenvalue weighted by molar-refractivity contribution is 7.08. The van der Waals surface area contributed by atoms with Crippen LogP contribution in [0.5, 0.6) is 0 Å². The van der Waals surface area contributed by atoms with Crippen molar-refractivity contribution in [2.45, 2.75) is 6.54 Å². The van der Waals surface area contributed by atoms with Gasteiger partial charge in [-0.3, -0.25) is 4.98 Å². The second-order valence-corrected chi connectivity index (χ2v) is 5.43. The molecular formula is C15H11N5S. The average Bonchev–Trinajstić information content (AvgIpc) is 3.18. The monoisotopic (exact) mass is 293 g/mol. The lowest BCUT2D eigenvalue weighted by Gasteiger charge is -2.04. The van der Waals surface area contributed by atoms with E-state index in [0.29, 0.717) is 12.4 Å². The van der Waals surface area contributed by atoms with Gasteiger partial charge in [0.1, 0.15) is 0 Å². The number of rotatable bonds is 3. The number of pyridine rings is 1. The van der Waals surface area contributed by atoms with Gasteiger partial charge in [0.2, 0.25) is 5.82 Å². The van der Waals surface area contributed by atoms with E-state index >= 15 is 0 Å². The number of para-hydroxylation sites is 1. The maximum Gasteiger partial charge on any atom is 0.205 e. The molecule has 0 spiro atoms. The van der Waals surface area contributed by atoms with E-state index in [9.17, 15) is 0 Å². The van der Waals surface area contributed by atoms with Gasteiger partial charge in [-0.2, -0.15) is 16.1 Å². The second kappa shape index (κ2) is 5.06. The fourth-order valence-electron chi connectivity index (χ4n) is 2.26. The van der Waals surface area contributed by atoms with Crippen molar-refractivity contribution in [2.75, 3.05) is 0 Å². The van der Waals surface area contributed by atoms with Crippen LogP contribution in [0.2, 0.25) is 0 Å². The summed E-state index contributed by atoms with van der Waals surface area (Å²) in [5.41, 5.74) is 3.07. The summed E-state index contributed by atoms with van der Waals surface area (Å²) in [7, 11) is 0. The Morgan fingerprint density at radius 1 is 1.10 bits per heavy atom. The molecule has 0 amide bonds. The first-order valence-corrected chi connectivity index (χ1v) is 7.47. The van der Waals surface area contributed by atoms with Crippen molar-refractivity contribution in [3.63, 3.8) is 0 Å². The summed E-state index contributed by atoms with van der Waals surface area (Å²) >= 11 is 1.62. The smallest absolute Gasteiger partial charge is 0.205 e. The summed E-state index contributed by atoms with van der Waals surface area (Å²) in [4.78, 5) is 6.05. The zero-order chi connectivity index (χ0) is 14.1. The van der Waals surface area contributed by atoms with Crippen LogP contribution >= 0.6 is 11.3 Å². The first-order valence-electron chi connectivity index (χ1n) is 6.53. The van der Waals surface area contributed by atoms with E-state index in [1.54, 1.807) is 22.3 Å². The van der Waals surface area contributed by atoms with E-state index in [0.717, 1.165) is 22.0 Å². The van der Waals surface area contributed by atoms with Gasteiger partial charge < -0.3 is 0 Å². The minimum atomic E-state index is 0.561. The highest BCUT2D eigenvalue weighted by Crippen LogP contribution is 2.18. The quantitative estimate of drug-likeness (QED) is 0.582. The van der Waals surface area contributed by atoms with Gasteiger partial charge in [-0.15, -0.1) is 10.2 Å². The molecule has 0 aliphatic heterocycles. The summed E-state index contributed by atoms with van der Waals surface area (Å²) in [6.45, 7) is 0.561. The molecule has 21 heavy (non-hydrogen) atoms. The molecule has 0 radical (unpaired) electrons. The van der Waals surface area contributed by atoms with E-state index < -0.39 is 0 Å². The zero-order valence-electron chi connectivity index (χ0n) is 11.0. The van der Waals surface area contributed by atoms with Crippen molar-refractivity contribution < 1.29 is 0 Å². The molecule has 0 bridgehead atoms. The lowest BCUT2D eigenvalue weighted by molar-refractivity contribution is 0.574. The number of nitrogens with zero attached hydrogens (tertiary/aromatic N) is 5. The predicted octanol–water partition coefficient (Wildman–Crippen LogP) is 3.00. The van der Waals surface area contributed by atoms with Crippen molar-refractivity contribution in [1.29, 1.82) is 0 Å². The number of hydrogen-bond acceptors (Lipinski definition) is 5. The third kappa shape index (κ3) is 2.30. The highest BCUT2D eigenvalue weighted by atomic mass is 32.1. The number of thiophene rings is 1. The minimum absolute atomic E-state index is 0.561. The molecule has 0 unspecified atom stereocenters. The van der Waals surface area contributed by atoms with Crippen LogP contribution in [-0.2, 0) is 6.54 Å². The van der Waals surface area contributed by atoms with Gasteiger partial charge >= 0.3 is 0 Å². The maximum atomic E-state index is 4.45. The van der Waals surface area contributed by atoms with Gasteiger partial charge in [-0.05, 0) is 22.7 Å². The third-order valence-electron chi connectivity index (χ3n) is 3.26. The van der Waals surface area contributed by atoms with Crippen molar-refractivity contribution in [3.8, 4) is 11.4 Å². The molecular weight excluding hydrogens is 282 g/mol. The van der Waals surface area contributed by atoms with Crippen molar-refractivity contribution >= 4 is 22.2 Å². The molecule has 0 fully saturated rings. The van der Waals surface area contributed by atoms with Gasteiger partial charge in [0, 0.05) is 28.1 Å². The summed E-state index contributed by atoms with van der Waals surface area (Å²) in [6.07, 6.45) is 1.80. The fourth-order valence-corrected chi connectivity index (χ4v) is 2.90. The molecule has 4 rings (SSSR count). The SMILES string of the molecule is c1cnc2c(Cn3nnc(-c4ccsc4)n3)cccc2c1. The number of hydrogen-bond donors (Lipinski definition) is 0. The van der Waals surface area contributed by atoms with Gasteiger partial charge in [0.05, 0.1) is 12.1 Å². The summed E-state index contributed by atoms with van der Waals surface area (Å²) in [5, 5.41) is 17.8. The van der Waals surface area contributed by atoms with Crippen LogP contribution in [0.25, 0.3) is 22.3 Å². The molecule has 4 aromatic rings. The summed E-state index contributed by atoms with van der Waals surface area (Å²) < 4.78 is 0. The second-order valence-electron chi connectivity index (χ2n) is 4.65. The van der Waals surface area contributed by atoms with Gasteiger partial charge in [0.15, 0.2) is 0 Å². The van der Waals surface area contributed by atoms with Crippen LogP contribution in [0, 0.1) is 0 Å². The lowest BCUT2D eigenvalue weighted by Crippen LogP contribution is -2.05. The molecule has 0 saturated carbocycles. The molecule has 0 aliphatic carbocycles. The first kappa shape index (κ1) is 12.2. The zero-order valence-corrected chi connectivity index (χ0v) is 11.9. The Bertz CT molecular complexity index is 877. The molecule has 3 aromatic heterocycles. The number of tetrazole rings is 1. The van der Waals surface area contributed by atoms with Crippen molar-refractivity contribution in [2.24, 2.45) is 0 Å². The Labute approximate surface area is 124 Å². The number of benzene rings is 1. The van der Waals surface area contributed by atoms with E-state index in [2.05, 4.69) is 32.5 Å². The minimum Gasteiger partial charge on any atom is -0.256 e. The molecule has 0 saturated heterocycles. The Hall–Kier alpha value is -2.60. The van der Waals surface area contributed by atoms with Crippen molar-refractivity contribution in [3.05, 3.63) is 58.9 Å². The Morgan fingerprint density at radius 2 is 2.05 bits per heavy atom. The van der Waals surface area contributed by atoms with Crippen molar-refractivity contribution in [1.82, 2.24) is 25.2 Å². The van der Waals surface area contributed by atoms with Gasteiger partial charge in [-0.25, -0.2) is 0 Å². The largest absolute Gasteiger partial charge is 0.256 e. The standard InChI is InChI=1S/C15H11N5S/c1-3-11-5-2-7-16-14(11)12(4-1)9-20-18-15(17-19-20)13-6-8-21-10-13/h1-8,10H,9H2. The molecule has 0 N–H and O–H groups in total. The van der Waals surface area contributed by atoms with Crippen LogP contribution in [0.1, 0.15) is 5.56 Å². The van der Waals surface area contributed by atoms with Crippen LogP contribution in [0.3, 0.4) is 0 Å². The molecule has 0 aliphatic rings. The summed E-state index contributed by atoms with van der Waals surface area (Å²) in [6, 6.07) is 12.1. The first-order chi connectivity index (χ1) is 10.4. The van der Waals surface area contributed by atoms with Crippen LogP contribution < -0.4 is 0 Å². The van der Waals surface area contributed by atoms with Gasteiger partial charge in [-0.1, -0.05) is 24.3 Å². The van der Waals surface area contributed by atoms with Crippen LogP contribution in [0.15, 0.2) is 53.4 Å². The van der Waals surface area contributed by atoms with E-state index in [4.69, 9.17) is 0 Å². The Balaban J connectivity index is 1.69. The van der Waals surface area contributed by atoms with E-state index in [1.807, 2.05) is 35.0 Å². The van der Waals surface area contributed by atoms with Gasteiger partial charge in [0.25, 0.3) is 0 Å². The third-order valence-corrected chi connectivity index (χ3v) is 3.94. The van der Waals surface area contributed by atoms with E-state index in [-0.39, 0.29) is 0 Å². The van der Waals surface area contributed by atoms with Crippen LogP contribution in [-0.4, -0.2) is 25.2 Å². The number of fused-ring (bicyclic) bond motifs is 1. The fraction of sp³-hybridized carbons (Fsp3) is 0.0667. The van der Waals surface area contributed by atoms with E-state index in [1.165, 1.54) is 0 Å². The van der Waals surface area contributed by atoms with Crippen LogP contribution in [0.4, 0.5) is 0 Å². The molecule has 1 aromatic carbocycles. The highest BCUT2D eigenvalue weighted by Gasteiger charge is 2.08. The maximum absolute atomic E-state index is 4.45. The molecule has 0 atom stereocenters. The topological polar surface area (TPSA) is 56.5 Å². The number of aromatic nitrogens is 5. The molecule has 102 valence electrons. The predicted molar refractivity (Wildman–Crippen MR) is 82.0 cm³/mol. The Kier molecular flexibility index (Phi) is 2.93.